The fraction of sp³-hybridized carbons (Fsp3) is 0.250. The number of carboxylic acid groups (broad SMARTS) is 1. The molecule has 1 aromatic heterocycles. The highest BCUT2D eigenvalue weighted by Gasteiger charge is 2.33. The van der Waals surface area contributed by atoms with E-state index in [9.17, 15) is 15.2 Å². The zero-order chi connectivity index (χ0) is 14.6. The van der Waals surface area contributed by atoms with Crippen LogP contribution in [-0.4, -0.2) is 33.3 Å². The molecule has 2 heterocycles. The van der Waals surface area contributed by atoms with Gasteiger partial charge in [-0.25, -0.2) is 4.79 Å². The van der Waals surface area contributed by atoms with Crippen LogP contribution in [0.25, 0.3) is 16.5 Å². The van der Waals surface area contributed by atoms with Gasteiger partial charge in [-0.1, -0.05) is 18.2 Å². The molecule has 5 nitrogen and oxygen atoms in total. The van der Waals surface area contributed by atoms with E-state index in [-0.39, 0.29) is 6.04 Å². The lowest BCUT2D eigenvalue weighted by molar-refractivity contribution is 0.197. The molecule has 0 saturated carbocycles. The fourth-order valence-corrected chi connectivity index (χ4v) is 3.58. The van der Waals surface area contributed by atoms with Crippen molar-refractivity contribution >= 4 is 22.6 Å². The molecule has 1 aliphatic heterocycles. The van der Waals surface area contributed by atoms with E-state index in [0.717, 1.165) is 40.6 Å². The fourth-order valence-electron chi connectivity index (χ4n) is 3.58. The van der Waals surface area contributed by atoms with Crippen LogP contribution in [0.4, 0.5) is 4.79 Å². The number of hydrogen-bond acceptors (Lipinski definition) is 3. The van der Waals surface area contributed by atoms with Gasteiger partial charge in [-0.05, 0) is 35.6 Å². The third-order valence-electron chi connectivity index (χ3n) is 4.44. The van der Waals surface area contributed by atoms with Crippen molar-refractivity contribution in [1.29, 1.82) is 5.26 Å². The Balaban J connectivity index is 2.01. The summed E-state index contributed by atoms with van der Waals surface area (Å²) in [6.45, 7) is 0.732. The predicted octanol–water partition coefficient (Wildman–Crippen LogP) is 2.66. The van der Waals surface area contributed by atoms with Gasteiger partial charge in [0.25, 0.3) is 0 Å². The Bertz CT molecular complexity index is 841. The molecular weight excluding hydrogens is 266 g/mol. The summed E-state index contributed by atoms with van der Waals surface area (Å²) in [6.07, 6.45) is 6.71. The second-order valence-corrected chi connectivity index (χ2v) is 5.47. The van der Waals surface area contributed by atoms with Gasteiger partial charge in [-0.15, -0.1) is 0 Å². The van der Waals surface area contributed by atoms with Crippen molar-refractivity contribution in [2.75, 3.05) is 6.54 Å². The zero-order valence-corrected chi connectivity index (χ0v) is 11.3. The molecule has 2 aliphatic rings. The van der Waals surface area contributed by atoms with Crippen molar-refractivity contribution in [1.82, 2.24) is 9.47 Å². The van der Waals surface area contributed by atoms with Gasteiger partial charge in [-0.3, -0.25) is 4.57 Å². The van der Waals surface area contributed by atoms with Crippen LogP contribution in [0.5, 0.6) is 0 Å². The highest BCUT2D eigenvalue weighted by atomic mass is 16.4. The quantitative estimate of drug-likeness (QED) is 0.753. The molecule has 0 amide bonds. The van der Waals surface area contributed by atoms with Crippen LogP contribution in [0.2, 0.25) is 0 Å². The van der Waals surface area contributed by atoms with Crippen molar-refractivity contribution in [3.05, 3.63) is 41.6 Å². The van der Waals surface area contributed by atoms with Crippen LogP contribution in [-0.2, 0) is 6.42 Å². The average molecular weight is 279 g/mol. The lowest BCUT2D eigenvalue weighted by atomic mass is 9.82. The summed E-state index contributed by atoms with van der Waals surface area (Å²) in [5.41, 5.74) is 3.96. The summed E-state index contributed by atoms with van der Waals surface area (Å²) in [5.74, 6) is 0. The lowest BCUT2D eigenvalue weighted by Gasteiger charge is -2.35. The summed E-state index contributed by atoms with van der Waals surface area (Å²) in [4.78, 5) is 13.2. The van der Waals surface area contributed by atoms with Crippen LogP contribution in [0, 0.1) is 11.5 Å². The van der Waals surface area contributed by atoms with E-state index in [2.05, 4.69) is 12.3 Å². The summed E-state index contributed by atoms with van der Waals surface area (Å²) in [7, 11) is 0. The van der Waals surface area contributed by atoms with E-state index < -0.39 is 6.09 Å². The minimum Gasteiger partial charge on any atom is -0.464 e. The molecule has 1 N–H and O–H groups in total. The average Bonchev–Trinajstić information content (AvgIpc) is 2.87. The number of nitriles is 1. The van der Waals surface area contributed by atoms with E-state index in [0.29, 0.717) is 6.42 Å². The molecule has 0 unspecified atom stereocenters. The standard InChI is InChI=1S/C16H13N3O2/c17-9-18-6-2-4-11-12-3-1-5-13-15(12)10(7-14(11)18)8-19(13)16(20)21/h1,3-5,8,14H,2,6-7H2,(H,20,21)/t14-/m1/s1. The Labute approximate surface area is 121 Å². The van der Waals surface area contributed by atoms with E-state index in [1.165, 1.54) is 4.57 Å². The molecular formula is C16H13N3O2. The first kappa shape index (κ1) is 12.0. The second kappa shape index (κ2) is 4.13. The minimum absolute atomic E-state index is 0.0338. The monoisotopic (exact) mass is 279 g/mol. The molecule has 0 bridgehead atoms. The van der Waals surface area contributed by atoms with E-state index in [4.69, 9.17) is 0 Å². The summed E-state index contributed by atoms with van der Waals surface area (Å²) < 4.78 is 1.28. The second-order valence-electron chi connectivity index (χ2n) is 5.47. The molecule has 0 fully saturated rings. The number of nitrogens with zero attached hydrogens (tertiary/aromatic N) is 3. The molecule has 4 rings (SSSR count). The maximum Gasteiger partial charge on any atom is 0.416 e. The van der Waals surface area contributed by atoms with Gasteiger partial charge in [-0.2, -0.15) is 5.26 Å². The smallest absolute Gasteiger partial charge is 0.416 e. The van der Waals surface area contributed by atoms with Gasteiger partial charge in [0.05, 0.1) is 11.6 Å². The number of hydrogen-bond donors (Lipinski definition) is 1. The highest BCUT2D eigenvalue weighted by Crippen LogP contribution is 2.40. The normalized spacial score (nSPS) is 19.9. The topological polar surface area (TPSA) is 69.3 Å². The first-order chi connectivity index (χ1) is 10.2. The Morgan fingerprint density at radius 2 is 2.29 bits per heavy atom. The zero-order valence-electron chi connectivity index (χ0n) is 11.3. The Morgan fingerprint density at radius 3 is 3.05 bits per heavy atom. The van der Waals surface area contributed by atoms with Gasteiger partial charge in [0, 0.05) is 18.1 Å². The van der Waals surface area contributed by atoms with Crippen molar-refractivity contribution in [2.45, 2.75) is 18.9 Å². The van der Waals surface area contributed by atoms with Crippen molar-refractivity contribution in [3.63, 3.8) is 0 Å². The van der Waals surface area contributed by atoms with Gasteiger partial charge < -0.3 is 10.0 Å². The number of rotatable bonds is 0. The van der Waals surface area contributed by atoms with Crippen LogP contribution in [0.1, 0.15) is 17.5 Å². The molecule has 2 aromatic rings. The Kier molecular flexibility index (Phi) is 2.36. The molecule has 0 radical (unpaired) electrons. The van der Waals surface area contributed by atoms with Crippen LogP contribution in [0.3, 0.4) is 0 Å². The van der Waals surface area contributed by atoms with E-state index in [1.54, 1.807) is 11.1 Å². The molecule has 0 saturated heterocycles. The third kappa shape index (κ3) is 1.53. The van der Waals surface area contributed by atoms with Gasteiger partial charge in [0.15, 0.2) is 6.19 Å². The van der Waals surface area contributed by atoms with Crippen LogP contribution < -0.4 is 0 Å². The minimum atomic E-state index is -0.973. The van der Waals surface area contributed by atoms with Crippen molar-refractivity contribution in [2.24, 2.45) is 0 Å². The molecule has 104 valence electrons. The molecule has 0 spiro atoms. The molecule has 5 heteroatoms. The number of carbonyl (C=O) groups is 1. The highest BCUT2D eigenvalue weighted by molar-refractivity contribution is 6.01. The molecule has 1 aliphatic carbocycles. The summed E-state index contributed by atoms with van der Waals surface area (Å²) in [5, 5.41) is 19.7. The first-order valence-corrected chi connectivity index (χ1v) is 6.93. The largest absolute Gasteiger partial charge is 0.464 e. The van der Waals surface area contributed by atoms with Gasteiger partial charge >= 0.3 is 6.09 Å². The van der Waals surface area contributed by atoms with Crippen molar-refractivity contribution < 1.29 is 9.90 Å². The van der Waals surface area contributed by atoms with E-state index >= 15 is 0 Å². The maximum absolute atomic E-state index is 11.4. The predicted molar refractivity (Wildman–Crippen MR) is 77.8 cm³/mol. The van der Waals surface area contributed by atoms with Crippen LogP contribution >= 0.6 is 0 Å². The van der Waals surface area contributed by atoms with Crippen LogP contribution in [0.15, 0.2) is 30.5 Å². The SMILES string of the molecule is N#CN1CCC=C2c3cccc4c3c(cn4C(=O)O)C[C@H]21. The summed E-state index contributed by atoms with van der Waals surface area (Å²) in [6, 6.07) is 5.78. The van der Waals surface area contributed by atoms with Crippen molar-refractivity contribution in [3.8, 4) is 6.19 Å². The number of aromatic nitrogens is 1. The molecule has 21 heavy (non-hydrogen) atoms. The number of fused-ring (bicyclic) bond motifs is 2. The Morgan fingerprint density at radius 1 is 1.43 bits per heavy atom. The molecule has 1 atom stereocenters. The summed E-state index contributed by atoms with van der Waals surface area (Å²) >= 11 is 0. The van der Waals surface area contributed by atoms with E-state index in [1.807, 2.05) is 18.2 Å². The first-order valence-electron chi connectivity index (χ1n) is 6.93. The van der Waals surface area contributed by atoms with Gasteiger partial charge in [0.1, 0.15) is 0 Å². The number of benzene rings is 1. The third-order valence-corrected chi connectivity index (χ3v) is 4.44. The molecule has 1 aromatic carbocycles. The Hall–Kier alpha value is -2.74. The maximum atomic E-state index is 11.4. The van der Waals surface area contributed by atoms with Gasteiger partial charge in [0.2, 0.25) is 0 Å². The lowest BCUT2D eigenvalue weighted by Crippen LogP contribution is -2.38.